The van der Waals surface area contributed by atoms with E-state index in [-0.39, 0.29) is 11.8 Å². The largest absolute Gasteiger partial charge is 0.339 e. The fourth-order valence-electron chi connectivity index (χ4n) is 3.46. The maximum Gasteiger partial charge on any atom is 0.227 e. The van der Waals surface area contributed by atoms with Gasteiger partial charge >= 0.3 is 0 Å². The fraction of sp³-hybridized carbons (Fsp3) is 0.550. The van der Waals surface area contributed by atoms with Crippen molar-refractivity contribution < 1.29 is 9.59 Å². The molecule has 140 valence electrons. The molecule has 1 saturated heterocycles. The first kappa shape index (κ1) is 18.4. The van der Waals surface area contributed by atoms with Crippen LogP contribution in [-0.2, 0) is 16.0 Å². The average molecular weight is 356 g/mol. The monoisotopic (exact) mass is 356 g/mol. The van der Waals surface area contributed by atoms with Crippen molar-refractivity contribution in [2.24, 2.45) is 0 Å². The van der Waals surface area contributed by atoms with Crippen LogP contribution in [0.5, 0.6) is 0 Å². The van der Waals surface area contributed by atoms with Crippen molar-refractivity contribution in [2.45, 2.75) is 46.1 Å². The molecule has 0 aliphatic carbocycles. The van der Waals surface area contributed by atoms with Gasteiger partial charge in [0.2, 0.25) is 11.8 Å². The zero-order valence-electron chi connectivity index (χ0n) is 15.9. The Morgan fingerprint density at radius 3 is 2.35 bits per heavy atom. The second-order valence-electron chi connectivity index (χ2n) is 7.26. The molecule has 1 aromatic heterocycles. The lowest BCUT2D eigenvalue weighted by atomic mass is 10.1. The number of carbonyl (C=O) groups is 2. The van der Waals surface area contributed by atoms with Gasteiger partial charge in [0.1, 0.15) is 0 Å². The minimum atomic E-state index is 0.121. The van der Waals surface area contributed by atoms with Crippen LogP contribution in [-0.4, -0.2) is 57.3 Å². The van der Waals surface area contributed by atoms with Gasteiger partial charge in [0.25, 0.3) is 0 Å². The third-order valence-electron chi connectivity index (χ3n) is 5.00. The number of carbonyl (C=O) groups excluding carboxylic acids is 2. The lowest BCUT2D eigenvalue weighted by molar-refractivity contribution is -0.139. The van der Waals surface area contributed by atoms with E-state index < -0.39 is 0 Å². The lowest BCUT2D eigenvalue weighted by Gasteiger charge is -2.35. The number of aromatic nitrogens is 2. The van der Waals surface area contributed by atoms with E-state index >= 15 is 0 Å². The van der Waals surface area contributed by atoms with Gasteiger partial charge in [-0.1, -0.05) is 13.0 Å². The number of amides is 2. The van der Waals surface area contributed by atoms with Crippen LogP contribution in [0.2, 0.25) is 0 Å². The molecule has 0 unspecified atom stereocenters. The van der Waals surface area contributed by atoms with E-state index in [0.717, 1.165) is 23.0 Å². The Morgan fingerprint density at radius 2 is 1.73 bits per heavy atom. The molecule has 0 N–H and O–H groups in total. The van der Waals surface area contributed by atoms with E-state index in [1.54, 1.807) is 0 Å². The molecule has 6 nitrogen and oxygen atoms in total. The van der Waals surface area contributed by atoms with Gasteiger partial charge in [0.05, 0.1) is 23.8 Å². The van der Waals surface area contributed by atoms with E-state index in [0.29, 0.717) is 45.1 Å². The first-order chi connectivity index (χ1) is 12.5. The summed E-state index contributed by atoms with van der Waals surface area (Å²) in [5.41, 5.74) is 3.01. The van der Waals surface area contributed by atoms with Gasteiger partial charge in [-0.05, 0) is 38.0 Å². The summed E-state index contributed by atoms with van der Waals surface area (Å²) < 4.78 is 2.13. The second kappa shape index (κ2) is 7.89. The first-order valence-electron chi connectivity index (χ1n) is 9.50. The Kier molecular flexibility index (Phi) is 5.59. The summed E-state index contributed by atoms with van der Waals surface area (Å²) in [7, 11) is 0. The van der Waals surface area contributed by atoms with Gasteiger partial charge in [0.15, 0.2) is 0 Å². The van der Waals surface area contributed by atoms with Crippen molar-refractivity contribution in [1.82, 2.24) is 19.4 Å². The van der Waals surface area contributed by atoms with Gasteiger partial charge in [-0.25, -0.2) is 4.98 Å². The summed E-state index contributed by atoms with van der Waals surface area (Å²) in [6.07, 6.45) is 3.70. The summed E-state index contributed by atoms with van der Waals surface area (Å²) in [6.45, 7) is 8.80. The number of fused-ring (bicyclic) bond motifs is 1. The molecule has 0 spiro atoms. The molecule has 2 amide bonds. The van der Waals surface area contributed by atoms with Crippen molar-refractivity contribution in [3.63, 3.8) is 0 Å². The van der Waals surface area contributed by atoms with Crippen molar-refractivity contribution in [2.75, 3.05) is 26.2 Å². The number of hydrogen-bond acceptors (Lipinski definition) is 3. The van der Waals surface area contributed by atoms with Gasteiger partial charge in [-0.15, -0.1) is 0 Å². The van der Waals surface area contributed by atoms with Crippen molar-refractivity contribution in [3.8, 4) is 0 Å². The first-order valence-corrected chi connectivity index (χ1v) is 9.50. The quantitative estimate of drug-likeness (QED) is 0.827. The Morgan fingerprint density at radius 1 is 1.08 bits per heavy atom. The normalized spacial score (nSPS) is 15.1. The molecular formula is C20H28N4O2. The highest BCUT2D eigenvalue weighted by molar-refractivity contribution is 5.82. The van der Waals surface area contributed by atoms with E-state index in [9.17, 15) is 9.59 Å². The summed E-state index contributed by atoms with van der Waals surface area (Å²) in [6, 6.07) is 6.43. The zero-order chi connectivity index (χ0) is 18.7. The zero-order valence-corrected chi connectivity index (χ0v) is 15.9. The molecule has 0 bridgehead atoms. The van der Waals surface area contributed by atoms with Gasteiger partial charge in [0, 0.05) is 38.6 Å². The maximum atomic E-state index is 12.6. The number of hydrogen-bond donors (Lipinski definition) is 0. The molecule has 1 fully saturated rings. The van der Waals surface area contributed by atoms with Gasteiger partial charge in [-0.3, -0.25) is 9.59 Å². The highest BCUT2D eigenvalue weighted by Gasteiger charge is 2.23. The van der Waals surface area contributed by atoms with Crippen LogP contribution in [0.15, 0.2) is 24.5 Å². The Bertz CT molecular complexity index is 788. The molecule has 2 aromatic rings. The Hall–Kier alpha value is -2.37. The molecule has 0 saturated carbocycles. The van der Waals surface area contributed by atoms with Crippen LogP contribution in [0.4, 0.5) is 0 Å². The summed E-state index contributed by atoms with van der Waals surface area (Å²) >= 11 is 0. The minimum absolute atomic E-state index is 0.121. The molecule has 2 heterocycles. The van der Waals surface area contributed by atoms with Gasteiger partial charge in [-0.2, -0.15) is 0 Å². The SMILES string of the molecule is CCCC(=O)N1CCN(C(=O)Cc2ccc3c(c2)ncn3C(C)C)CC1. The minimum Gasteiger partial charge on any atom is -0.339 e. The topological polar surface area (TPSA) is 58.4 Å². The maximum absolute atomic E-state index is 12.6. The standard InChI is InChI=1S/C20H28N4O2/c1-4-5-19(25)22-8-10-23(11-9-22)20(26)13-16-6-7-18-17(12-16)21-14-24(18)15(2)3/h6-7,12,14-15H,4-5,8-11,13H2,1-3H3. The van der Waals surface area contributed by atoms with Crippen molar-refractivity contribution in [3.05, 3.63) is 30.1 Å². The molecule has 26 heavy (non-hydrogen) atoms. The summed E-state index contributed by atoms with van der Waals surface area (Å²) in [5.74, 6) is 0.320. The average Bonchev–Trinajstić information content (AvgIpc) is 3.05. The third kappa shape index (κ3) is 3.89. The second-order valence-corrected chi connectivity index (χ2v) is 7.26. The smallest absolute Gasteiger partial charge is 0.227 e. The van der Waals surface area contributed by atoms with E-state index in [1.165, 1.54) is 0 Å². The third-order valence-corrected chi connectivity index (χ3v) is 5.00. The number of piperazine rings is 1. The molecule has 3 rings (SSSR count). The number of nitrogens with zero attached hydrogens (tertiary/aromatic N) is 4. The molecule has 1 aromatic carbocycles. The van der Waals surface area contributed by atoms with E-state index in [4.69, 9.17) is 0 Å². The molecule has 0 radical (unpaired) electrons. The predicted molar refractivity (Wildman–Crippen MR) is 102 cm³/mol. The van der Waals surface area contributed by atoms with Gasteiger partial charge < -0.3 is 14.4 Å². The Labute approximate surface area is 154 Å². The predicted octanol–water partition coefficient (Wildman–Crippen LogP) is 2.63. The van der Waals surface area contributed by atoms with Crippen LogP contribution >= 0.6 is 0 Å². The molecule has 1 aliphatic rings. The highest BCUT2D eigenvalue weighted by atomic mass is 16.2. The van der Waals surface area contributed by atoms with Crippen LogP contribution in [0.1, 0.15) is 45.2 Å². The van der Waals surface area contributed by atoms with Crippen molar-refractivity contribution >= 4 is 22.8 Å². The van der Waals surface area contributed by atoms with Crippen molar-refractivity contribution in [1.29, 1.82) is 0 Å². The number of imidazole rings is 1. The van der Waals surface area contributed by atoms with Crippen LogP contribution in [0.3, 0.4) is 0 Å². The lowest BCUT2D eigenvalue weighted by Crippen LogP contribution is -2.50. The number of benzene rings is 1. The summed E-state index contributed by atoms with van der Waals surface area (Å²) in [4.78, 5) is 32.8. The van der Waals surface area contributed by atoms with E-state index in [2.05, 4.69) is 23.4 Å². The number of rotatable bonds is 5. The highest BCUT2D eigenvalue weighted by Crippen LogP contribution is 2.19. The van der Waals surface area contributed by atoms with Crippen LogP contribution < -0.4 is 0 Å². The molecule has 1 aliphatic heterocycles. The molecular weight excluding hydrogens is 328 g/mol. The Balaban J connectivity index is 1.60. The molecule has 0 atom stereocenters. The van der Waals surface area contributed by atoms with Crippen LogP contribution in [0.25, 0.3) is 11.0 Å². The molecule has 6 heteroatoms. The summed E-state index contributed by atoms with van der Waals surface area (Å²) in [5, 5.41) is 0. The fourth-order valence-corrected chi connectivity index (χ4v) is 3.46. The van der Waals surface area contributed by atoms with Crippen LogP contribution in [0, 0.1) is 0 Å². The van der Waals surface area contributed by atoms with E-state index in [1.807, 2.05) is 41.2 Å².